The van der Waals surface area contributed by atoms with E-state index in [0.717, 1.165) is 11.3 Å². The minimum absolute atomic E-state index is 0.203. The van der Waals surface area contributed by atoms with E-state index in [1.165, 1.54) is 11.3 Å². The predicted molar refractivity (Wildman–Crippen MR) is 60.9 cm³/mol. The molecule has 4 heteroatoms. The number of rotatable bonds is 1. The molecule has 1 heterocycles. The fraction of sp³-hybridized carbons (Fsp3) is 0.100. The van der Waals surface area contributed by atoms with Gasteiger partial charge < -0.3 is 5.11 Å². The Morgan fingerprint density at radius 3 is 2.64 bits per heavy atom. The zero-order valence-electron chi connectivity index (χ0n) is 7.60. The van der Waals surface area contributed by atoms with Crippen LogP contribution in [-0.4, -0.2) is 9.67 Å². The summed E-state index contributed by atoms with van der Waals surface area (Å²) in [5.41, 5.74) is 2.04. The Hall–Kier alpha value is -1.13. The van der Waals surface area contributed by atoms with Crippen molar-refractivity contribution in [2.75, 3.05) is 0 Å². The minimum Gasteiger partial charge on any atom is -0.494 e. The number of hydrogen-bond donors (Lipinski definition) is 1. The summed E-state index contributed by atoms with van der Waals surface area (Å²) in [4.78, 5) is 0. The van der Waals surface area contributed by atoms with Crippen molar-refractivity contribution in [3.8, 4) is 11.6 Å². The van der Waals surface area contributed by atoms with Crippen molar-refractivity contribution in [1.82, 2.24) is 4.57 Å². The second kappa shape index (κ2) is 3.55. The summed E-state index contributed by atoms with van der Waals surface area (Å²) in [6.45, 7) is 1.99. The van der Waals surface area contributed by atoms with Crippen LogP contribution in [0, 0.1) is 10.9 Å². The van der Waals surface area contributed by atoms with E-state index < -0.39 is 0 Å². The molecule has 0 amide bonds. The molecule has 0 fully saturated rings. The van der Waals surface area contributed by atoms with Gasteiger partial charge in [-0.05, 0) is 30.8 Å². The van der Waals surface area contributed by atoms with E-state index in [4.69, 9.17) is 12.2 Å². The Kier molecular flexibility index (Phi) is 2.39. The first kappa shape index (κ1) is 9.43. The fourth-order valence-electron chi connectivity index (χ4n) is 1.34. The van der Waals surface area contributed by atoms with Crippen LogP contribution in [0.1, 0.15) is 5.56 Å². The van der Waals surface area contributed by atoms with Crippen LogP contribution in [0.3, 0.4) is 0 Å². The highest BCUT2D eigenvalue weighted by Gasteiger charge is 2.06. The van der Waals surface area contributed by atoms with Gasteiger partial charge in [0.25, 0.3) is 0 Å². The number of hydrogen-bond acceptors (Lipinski definition) is 3. The molecule has 0 aliphatic rings. The Balaban J connectivity index is 2.72. The molecule has 72 valence electrons. The van der Waals surface area contributed by atoms with Crippen LogP contribution in [0.25, 0.3) is 5.69 Å². The summed E-state index contributed by atoms with van der Waals surface area (Å²) < 4.78 is 2.34. The summed E-state index contributed by atoms with van der Waals surface area (Å²) in [7, 11) is 0. The lowest BCUT2D eigenvalue weighted by Crippen LogP contribution is -1.94. The predicted octanol–water partition coefficient (Wildman–Crippen LogP) is 3.28. The molecule has 2 aromatic rings. The molecule has 2 rings (SSSR count). The maximum absolute atomic E-state index is 9.62. The largest absolute Gasteiger partial charge is 0.494 e. The molecule has 1 aromatic heterocycles. The molecule has 1 N–H and O–H groups in total. The first-order valence-electron chi connectivity index (χ1n) is 4.15. The quantitative estimate of drug-likeness (QED) is 0.750. The van der Waals surface area contributed by atoms with Gasteiger partial charge in [-0.3, -0.25) is 4.57 Å². The first-order chi connectivity index (χ1) is 6.70. The molecule has 0 spiro atoms. The maximum Gasteiger partial charge on any atom is 0.207 e. The molecular weight excluding hydrogens is 214 g/mol. The zero-order chi connectivity index (χ0) is 10.1. The Bertz CT molecular complexity index is 513. The van der Waals surface area contributed by atoms with Crippen LogP contribution < -0.4 is 0 Å². The second-order valence-corrected chi connectivity index (χ2v) is 4.48. The van der Waals surface area contributed by atoms with E-state index in [1.807, 2.05) is 31.2 Å². The summed E-state index contributed by atoms with van der Waals surface area (Å²) in [6, 6.07) is 7.83. The van der Waals surface area contributed by atoms with Crippen molar-refractivity contribution in [1.29, 1.82) is 0 Å². The standard InChI is InChI=1S/C10H9NOS2/c1-7-4-2-3-5-8(7)11-9(12)6-14-10(11)13/h2-6,12H,1H3. The van der Waals surface area contributed by atoms with Gasteiger partial charge in [0, 0.05) is 0 Å². The zero-order valence-corrected chi connectivity index (χ0v) is 9.23. The van der Waals surface area contributed by atoms with Crippen LogP contribution in [0.5, 0.6) is 5.88 Å². The molecule has 2 nitrogen and oxygen atoms in total. The molecule has 0 aliphatic heterocycles. The van der Waals surface area contributed by atoms with Crippen molar-refractivity contribution in [2.24, 2.45) is 0 Å². The fourth-order valence-corrected chi connectivity index (χ4v) is 2.28. The summed E-state index contributed by atoms with van der Waals surface area (Å²) in [5.74, 6) is 0.203. The van der Waals surface area contributed by atoms with Gasteiger partial charge in [0.15, 0.2) is 3.95 Å². The third-order valence-corrected chi connectivity index (χ3v) is 3.22. The lowest BCUT2D eigenvalue weighted by Gasteiger charge is -2.06. The Labute approximate surface area is 91.1 Å². The summed E-state index contributed by atoms with van der Waals surface area (Å²) in [5, 5.41) is 11.3. The van der Waals surface area contributed by atoms with Gasteiger partial charge in [0.1, 0.15) is 0 Å². The SMILES string of the molecule is Cc1ccccc1-n1c(O)csc1=S. The monoisotopic (exact) mass is 223 g/mol. The minimum atomic E-state index is 0.203. The van der Waals surface area contributed by atoms with Crippen LogP contribution in [0.15, 0.2) is 29.6 Å². The lowest BCUT2D eigenvalue weighted by atomic mass is 10.2. The van der Waals surface area contributed by atoms with E-state index in [0.29, 0.717) is 3.95 Å². The first-order valence-corrected chi connectivity index (χ1v) is 5.44. The summed E-state index contributed by atoms with van der Waals surface area (Å²) >= 11 is 6.50. The van der Waals surface area contributed by atoms with Gasteiger partial charge in [-0.15, -0.1) is 11.3 Å². The number of aromatic hydroxyl groups is 1. The molecule has 0 saturated carbocycles. The molecule has 0 atom stereocenters. The highest BCUT2D eigenvalue weighted by Crippen LogP contribution is 2.24. The topological polar surface area (TPSA) is 25.2 Å². The average Bonchev–Trinajstić information content (AvgIpc) is 2.48. The van der Waals surface area contributed by atoms with E-state index in [2.05, 4.69) is 0 Å². The van der Waals surface area contributed by atoms with E-state index in [1.54, 1.807) is 9.95 Å². The number of thiazole rings is 1. The second-order valence-electron chi connectivity index (χ2n) is 2.98. The van der Waals surface area contributed by atoms with Crippen LogP contribution in [0.4, 0.5) is 0 Å². The van der Waals surface area contributed by atoms with Crippen molar-refractivity contribution >= 4 is 23.6 Å². The van der Waals surface area contributed by atoms with Gasteiger partial charge in [0.05, 0.1) is 11.1 Å². The van der Waals surface area contributed by atoms with Gasteiger partial charge in [-0.2, -0.15) is 0 Å². The van der Waals surface area contributed by atoms with E-state index in [9.17, 15) is 5.11 Å². The van der Waals surface area contributed by atoms with Gasteiger partial charge in [-0.1, -0.05) is 18.2 Å². The molecule has 0 radical (unpaired) electrons. The Morgan fingerprint density at radius 2 is 2.07 bits per heavy atom. The molecule has 1 aromatic carbocycles. The van der Waals surface area contributed by atoms with Crippen molar-refractivity contribution < 1.29 is 5.11 Å². The van der Waals surface area contributed by atoms with Gasteiger partial charge in [-0.25, -0.2) is 0 Å². The third kappa shape index (κ3) is 1.47. The van der Waals surface area contributed by atoms with Crippen molar-refractivity contribution in [3.63, 3.8) is 0 Å². The van der Waals surface area contributed by atoms with Gasteiger partial charge >= 0.3 is 0 Å². The third-order valence-electron chi connectivity index (χ3n) is 2.03. The van der Waals surface area contributed by atoms with Crippen LogP contribution >= 0.6 is 23.6 Å². The molecule has 14 heavy (non-hydrogen) atoms. The Morgan fingerprint density at radius 1 is 1.36 bits per heavy atom. The molecule has 0 aliphatic carbocycles. The molecule has 0 unspecified atom stereocenters. The van der Waals surface area contributed by atoms with Crippen LogP contribution in [0.2, 0.25) is 0 Å². The van der Waals surface area contributed by atoms with Crippen molar-refractivity contribution in [2.45, 2.75) is 6.92 Å². The van der Waals surface area contributed by atoms with Gasteiger partial charge in [0.2, 0.25) is 5.88 Å². The maximum atomic E-state index is 9.62. The van der Waals surface area contributed by atoms with E-state index >= 15 is 0 Å². The number of aryl methyl sites for hydroxylation is 1. The number of para-hydroxylation sites is 1. The molecule has 0 bridgehead atoms. The van der Waals surface area contributed by atoms with Crippen LogP contribution in [-0.2, 0) is 0 Å². The molecule has 0 saturated heterocycles. The number of benzene rings is 1. The van der Waals surface area contributed by atoms with Crippen molar-refractivity contribution in [3.05, 3.63) is 39.2 Å². The normalized spacial score (nSPS) is 10.4. The smallest absolute Gasteiger partial charge is 0.207 e. The average molecular weight is 223 g/mol. The highest BCUT2D eigenvalue weighted by molar-refractivity contribution is 7.73. The molecular formula is C10H9NOS2. The lowest BCUT2D eigenvalue weighted by molar-refractivity contribution is 0.442. The number of nitrogens with zero attached hydrogens (tertiary/aromatic N) is 1. The summed E-state index contributed by atoms with van der Waals surface area (Å²) in [6.07, 6.45) is 0. The van der Waals surface area contributed by atoms with E-state index in [-0.39, 0.29) is 5.88 Å². The highest BCUT2D eigenvalue weighted by atomic mass is 32.1. The number of aromatic nitrogens is 1.